The van der Waals surface area contributed by atoms with Crippen molar-refractivity contribution in [3.8, 4) is 11.5 Å². The van der Waals surface area contributed by atoms with Gasteiger partial charge in [0.25, 0.3) is 0 Å². The molecule has 2 aliphatic rings. The van der Waals surface area contributed by atoms with Crippen molar-refractivity contribution in [3.63, 3.8) is 0 Å². The van der Waals surface area contributed by atoms with E-state index in [9.17, 15) is 0 Å². The van der Waals surface area contributed by atoms with E-state index in [0.717, 1.165) is 37.7 Å². The molecule has 2 heterocycles. The van der Waals surface area contributed by atoms with E-state index in [1.165, 1.54) is 11.1 Å². The third-order valence-corrected chi connectivity index (χ3v) is 4.84. The molecule has 0 N–H and O–H groups in total. The number of benzene rings is 2. The van der Waals surface area contributed by atoms with Crippen LogP contribution in [-0.4, -0.2) is 31.7 Å². The quantitative estimate of drug-likeness (QED) is 0.855. The summed E-state index contributed by atoms with van der Waals surface area (Å²) in [5, 5.41) is 0. The van der Waals surface area contributed by atoms with E-state index in [2.05, 4.69) is 41.3 Å². The van der Waals surface area contributed by atoms with Gasteiger partial charge in [0.15, 0.2) is 0 Å². The Kier molecular flexibility index (Phi) is 4.79. The predicted octanol–water partition coefficient (Wildman–Crippen LogP) is 3.73. The van der Waals surface area contributed by atoms with Crippen molar-refractivity contribution in [2.75, 3.05) is 26.8 Å². The van der Waals surface area contributed by atoms with Crippen LogP contribution in [0.2, 0.25) is 0 Å². The van der Waals surface area contributed by atoms with Crippen molar-refractivity contribution in [2.24, 2.45) is 5.92 Å². The van der Waals surface area contributed by atoms with Crippen LogP contribution < -0.4 is 9.47 Å². The van der Waals surface area contributed by atoms with Crippen LogP contribution in [0, 0.1) is 5.92 Å². The third-order valence-electron chi connectivity index (χ3n) is 4.84. The molecule has 122 valence electrons. The van der Waals surface area contributed by atoms with E-state index in [4.69, 9.17) is 9.47 Å². The number of methoxy groups -OCH3 is 1. The van der Waals surface area contributed by atoms with Crippen LogP contribution in [0.1, 0.15) is 17.0 Å². The highest BCUT2D eigenvalue weighted by Crippen LogP contribution is 2.43. The molecule has 1 saturated heterocycles. The molecule has 3 nitrogen and oxygen atoms in total. The predicted molar refractivity (Wildman–Crippen MR) is 93.7 cm³/mol. The highest BCUT2D eigenvalue weighted by atomic mass is 35.5. The molecule has 0 radical (unpaired) electrons. The van der Waals surface area contributed by atoms with E-state index >= 15 is 0 Å². The molecule has 2 aromatic carbocycles. The molecule has 0 spiro atoms. The third kappa shape index (κ3) is 3.17. The molecule has 0 amide bonds. The Morgan fingerprint density at radius 2 is 1.96 bits per heavy atom. The fourth-order valence-corrected chi connectivity index (χ4v) is 3.72. The van der Waals surface area contributed by atoms with Crippen LogP contribution in [0.25, 0.3) is 0 Å². The second-order valence-electron chi connectivity index (χ2n) is 6.26. The first-order chi connectivity index (χ1) is 10.8. The maximum Gasteiger partial charge on any atom is 0.126 e. The maximum absolute atomic E-state index is 5.97. The van der Waals surface area contributed by atoms with Crippen molar-refractivity contribution >= 4 is 12.4 Å². The van der Waals surface area contributed by atoms with Gasteiger partial charge in [-0.25, -0.2) is 0 Å². The number of hydrogen-bond acceptors (Lipinski definition) is 3. The Bertz CT molecular complexity index is 662. The van der Waals surface area contributed by atoms with Gasteiger partial charge in [-0.05, 0) is 17.2 Å². The number of rotatable bonds is 3. The molecule has 0 aromatic heterocycles. The Balaban J connectivity index is 0.00000156. The second-order valence-corrected chi connectivity index (χ2v) is 6.26. The minimum atomic E-state index is 0. The SMILES string of the molecule is COc1ccc2c(c1)OC[C@H]1CN(Cc3ccccc3)C[C@@H]21.Cl. The summed E-state index contributed by atoms with van der Waals surface area (Å²) in [6.45, 7) is 4.07. The Morgan fingerprint density at radius 3 is 2.74 bits per heavy atom. The van der Waals surface area contributed by atoms with Gasteiger partial charge in [-0.2, -0.15) is 0 Å². The molecule has 1 fully saturated rings. The fraction of sp³-hybridized carbons (Fsp3) is 0.368. The van der Waals surface area contributed by atoms with Gasteiger partial charge in [-0.1, -0.05) is 36.4 Å². The molecule has 2 aliphatic heterocycles. The first-order valence-electron chi connectivity index (χ1n) is 7.90. The van der Waals surface area contributed by atoms with Gasteiger partial charge in [0.05, 0.1) is 13.7 Å². The van der Waals surface area contributed by atoms with Crippen molar-refractivity contribution < 1.29 is 9.47 Å². The fourth-order valence-electron chi connectivity index (χ4n) is 3.72. The summed E-state index contributed by atoms with van der Waals surface area (Å²) in [5.74, 6) is 3.06. The lowest BCUT2D eigenvalue weighted by Gasteiger charge is -2.28. The summed E-state index contributed by atoms with van der Waals surface area (Å²) in [6, 6.07) is 17.0. The molecule has 0 bridgehead atoms. The number of nitrogens with zero attached hydrogens (tertiary/aromatic N) is 1. The molecule has 2 aromatic rings. The van der Waals surface area contributed by atoms with E-state index in [1.807, 2.05) is 12.1 Å². The van der Waals surface area contributed by atoms with Gasteiger partial charge in [0.2, 0.25) is 0 Å². The summed E-state index contributed by atoms with van der Waals surface area (Å²) in [4.78, 5) is 2.55. The first kappa shape index (κ1) is 16.2. The van der Waals surface area contributed by atoms with Crippen LogP contribution in [0.4, 0.5) is 0 Å². The van der Waals surface area contributed by atoms with Crippen LogP contribution in [0.15, 0.2) is 48.5 Å². The number of fused-ring (bicyclic) bond motifs is 3. The minimum absolute atomic E-state index is 0. The van der Waals surface area contributed by atoms with Crippen LogP contribution in [0.5, 0.6) is 11.5 Å². The number of ether oxygens (including phenoxy) is 2. The smallest absolute Gasteiger partial charge is 0.126 e. The minimum Gasteiger partial charge on any atom is -0.497 e. The van der Waals surface area contributed by atoms with Crippen LogP contribution in [-0.2, 0) is 6.54 Å². The Morgan fingerprint density at radius 1 is 1.13 bits per heavy atom. The summed E-state index contributed by atoms with van der Waals surface area (Å²) in [6.07, 6.45) is 0. The monoisotopic (exact) mass is 331 g/mol. The lowest BCUT2D eigenvalue weighted by Crippen LogP contribution is -2.25. The van der Waals surface area contributed by atoms with Crippen molar-refractivity contribution in [3.05, 3.63) is 59.7 Å². The highest BCUT2D eigenvalue weighted by molar-refractivity contribution is 5.85. The zero-order chi connectivity index (χ0) is 14.9. The van der Waals surface area contributed by atoms with E-state index < -0.39 is 0 Å². The lowest BCUT2D eigenvalue weighted by atomic mass is 9.87. The zero-order valence-electron chi connectivity index (χ0n) is 13.3. The molecule has 4 rings (SSSR count). The molecular formula is C19H22ClNO2. The zero-order valence-corrected chi connectivity index (χ0v) is 14.1. The van der Waals surface area contributed by atoms with Crippen LogP contribution >= 0.6 is 12.4 Å². The van der Waals surface area contributed by atoms with Gasteiger partial charge in [-0.3, -0.25) is 4.90 Å². The normalized spacial score (nSPS) is 22.5. The van der Waals surface area contributed by atoms with Gasteiger partial charge < -0.3 is 9.47 Å². The van der Waals surface area contributed by atoms with Gasteiger partial charge in [0.1, 0.15) is 11.5 Å². The summed E-state index contributed by atoms with van der Waals surface area (Å²) < 4.78 is 11.3. The molecular weight excluding hydrogens is 310 g/mol. The molecule has 0 saturated carbocycles. The summed E-state index contributed by atoms with van der Waals surface area (Å²) >= 11 is 0. The topological polar surface area (TPSA) is 21.7 Å². The molecule has 0 aliphatic carbocycles. The van der Waals surface area contributed by atoms with Crippen molar-refractivity contribution in [2.45, 2.75) is 12.5 Å². The Hall–Kier alpha value is -1.71. The van der Waals surface area contributed by atoms with E-state index in [-0.39, 0.29) is 12.4 Å². The van der Waals surface area contributed by atoms with E-state index in [0.29, 0.717) is 11.8 Å². The number of halogens is 1. The van der Waals surface area contributed by atoms with Crippen molar-refractivity contribution in [1.82, 2.24) is 4.90 Å². The molecule has 0 unspecified atom stereocenters. The van der Waals surface area contributed by atoms with E-state index in [1.54, 1.807) is 7.11 Å². The molecule has 2 atom stereocenters. The highest BCUT2D eigenvalue weighted by Gasteiger charge is 2.38. The first-order valence-corrected chi connectivity index (χ1v) is 7.90. The maximum atomic E-state index is 5.97. The molecule has 23 heavy (non-hydrogen) atoms. The van der Waals surface area contributed by atoms with Crippen molar-refractivity contribution in [1.29, 1.82) is 0 Å². The average Bonchev–Trinajstić information content (AvgIpc) is 2.98. The largest absolute Gasteiger partial charge is 0.497 e. The summed E-state index contributed by atoms with van der Waals surface area (Å²) in [7, 11) is 1.70. The van der Waals surface area contributed by atoms with Gasteiger partial charge in [0, 0.05) is 37.5 Å². The van der Waals surface area contributed by atoms with Gasteiger partial charge >= 0.3 is 0 Å². The summed E-state index contributed by atoms with van der Waals surface area (Å²) in [5.41, 5.74) is 2.73. The molecule has 4 heteroatoms. The number of hydrogen-bond donors (Lipinski definition) is 0. The lowest BCUT2D eigenvalue weighted by molar-refractivity contribution is 0.211. The number of likely N-dealkylation sites (tertiary alicyclic amines) is 1. The van der Waals surface area contributed by atoms with Crippen LogP contribution in [0.3, 0.4) is 0 Å². The van der Waals surface area contributed by atoms with Gasteiger partial charge in [-0.15, -0.1) is 12.4 Å². The average molecular weight is 332 g/mol. The Labute approximate surface area is 143 Å². The second kappa shape index (κ2) is 6.81. The standard InChI is InChI=1S/C19H21NO2.ClH/c1-21-16-7-8-17-18-12-20(10-14-5-3-2-4-6-14)11-15(18)13-22-19(17)9-16;/h2-9,15,18H,10-13H2,1H3;1H/t15-,18-;/m1./s1.